The molecule has 1 aromatic carbocycles. The van der Waals surface area contributed by atoms with Gasteiger partial charge in [0.25, 0.3) is 5.91 Å². The summed E-state index contributed by atoms with van der Waals surface area (Å²) in [7, 11) is 1.42. The Kier molecular flexibility index (Phi) is 4.34. The third-order valence-electron chi connectivity index (χ3n) is 2.62. The van der Waals surface area contributed by atoms with Gasteiger partial charge >= 0.3 is 5.69 Å². The van der Waals surface area contributed by atoms with E-state index in [1.54, 1.807) is 18.2 Å². The van der Waals surface area contributed by atoms with Crippen molar-refractivity contribution >= 4 is 29.0 Å². The average molecular weight is 308 g/mol. The lowest BCUT2D eigenvalue weighted by atomic mass is 10.2. The Labute approximate surface area is 124 Å². The van der Waals surface area contributed by atoms with Crippen molar-refractivity contribution in [1.82, 2.24) is 4.98 Å². The Morgan fingerprint density at radius 3 is 2.71 bits per heavy atom. The number of carbonyl (C=O) groups is 1. The van der Waals surface area contributed by atoms with Crippen LogP contribution in [0.25, 0.3) is 0 Å². The largest absolute Gasteiger partial charge is 0.496 e. The first-order chi connectivity index (χ1) is 10.0. The van der Waals surface area contributed by atoms with Crippen LogP contribution in [0.3, 0.4) is 0 Å². The standard InChI is InChI=1S/C13H10ClN3O4/c1-21-10-5-3-2-4-8(10)13(18)16-12-9(17(19)20)6-7-11(14)15-12/h2-7H,1H3,(H,15,16,18). The fraction of sp³-hybridized carbons (Fsp3) is 0.0769. The number of pyridine rings is 1. The molecule has 21 heavy (non-hydrogen) atoms. The summed E-state index contributed by atoms with van der Waals surface area (Å²) in [5.41, 5.74) is -0.112. The first-order valence-corrected chi connectivity index (χ1v) is 6.16. The third kappa shape index (κ3) is 3.26. The number of nitrogens with zero attached hydrogens (tertiary/aromatic N) is 2. The number of ether oxygens (including phenoxy) is 1. The molecule has 0 saturated carbocycles. The van der Waals surface area contributed by atoms with Gasteiger partial charge in [0, 0.05) is 6.07 Å². The van der Waals surface area contributed by atoms with E-state index >= 15 is 0 Å². The van der Waals surface area contributed by atoms with Gasteiger partial charge in [0.2, 0.25) is 5.82 Å². The molecular formula is C13H10ClN3O4. The fourth-order valence-electron chi connectivity index (χ4n) is 1.67. The minimum atomic E-state index is -0.652. The fourth-order valence-corrected chi connectivity index (χ4v) is 1.82. The van der Waals surface area contributed by atoms with Crippen LogP contribution in [0.1, 0.15) is 10.4 Å². The normalized spacial score (nSPS) is 10.0. The van der Waals surface area contributed by atoms with E-state index in [2.05, 4.69) is 10.3 Å². The molecule has 8 heteroatoms. The van der Waals surface area contributed by atoms with Crippen LogP contribution in [0.5, 0.6) is 5.75 Å². The number of hydrogen-bond donors (Lipinski definition) is 1. The zero-order valence-electron chi connectivity index (χ0n) is 10.9. The highest BCUT2D eigenvalue weighted by atomic mass is 35.5. The number of methoxy groups -OCH3 is 1. The molecule has 2 rings (SSSR count). The molecule has 0 radical (unpaired) electrons. The van der Waals surface area contributed by atoms with Crippen LogP contribution in [0, 0.1) is 10.1 Å². The predicted molar refractivity (Wildman–Crippen MR) is 76.8 cm³/mol. The van der Waals surface area contributed by atoms with Crippen molar-refractivity contribution in [3.05, 3.63) is 57.2 Å². The van der Waals surface area contributed by atoms with Crippen LogP contribution >= 0.6 is 11.6 Å². The van der Waals surface area contributed by atoms with Crippen LogP contribution in [0.4, 0.5) is 11.5 Å². The summed E-state index contributed by atoms with van der Waals surface area (Å²) in [6, 6.07) is 8.94. The van der Waals surface area contributed by atoms with E-state index in [-0.39, 0.29) is 22.2 Å². The molecule has 0 aliphatic rings. The Balaban J connectivity index is 2.36. The smallest absolute Gasteiger partial charge is 0.311 e. The Hall–Kier alpha value is -2.67. The van der Waals surface area contributed by atoms with Crippen molar-refractivity contribution < 1.29 is 14.5 Å². The van der Waals surface area contributed by atoms with Crippen molar-refractivity contribution in [3.8, 4) is 5.75 Å². The minimum Gasteiger partial charge on any atom is -0.496 e. The van der Waals surface area contributed by atoms with E-state index in [0.29, 0.717) is 5.75 Å². The quantitative estimate of drug-likeness (QED) is 0.532. The molecule has 2 aromatic rings. The number of benzene rings is 1. The summed E-state index contributed by atoms with van der Waals surface area (Å²) in [6.07, 6.45) is 0. The SMILES string of the molecule is COc1ccccc1C(=O)Nc1nc(Cl)ccc1[N+](=O)[O-]. The maximum atomic E-state index is 12.2. The van der Waals surface area contributed by atoms with Gasteiger partial charge in [-0.25, -0.2) is 4.98 Å². The molecule has 0 bridgehead atoms. The van der Waals surface area contributed by atoms with E-state index in [9.17, 15) is 14.9 Å². The molecule has 0 aliphatic heterocycles. The van der Waals surface area contributed by atoms with Crippen LogP contribution in [0.2, 0.25) is 5.15 Å². The zero-order chi connectivity index (χ0) is 15.4. The highest BCUT2D eigenvalue weighted by molar-refractivity contribution is 6.29. The summed E-state index contributed by atoms with van der Waals surface area (Å²) in [5, 5.41) is 13.3. The number of amides is 1. The van der Waals surface area contributed by atoms with Crippen molar-refractivity contribution in [1.29, 1.82) is 0 Å². The second-order valence-electron chi connectivity index (χ2n) is 3.91. The van der Waals surface area contributed by atoms with E-state index < -0.39 is 10.8 Å². The van der Waals surface area contributed by atoms with Gasteiger partial charge in [-0.15, -0.1) is 0 Å². The lowest BCUT2D eigenvalue weighted by molar-refractivity contribution is -0.384. The van der Waals surface area contributed by atoms with Crippen LogP contribution < -0.4 is 10.1 Å². The van der Waals surface area contributed by atoms with Crippen LogP contribution in [-0.2, 0) is 0 Å². The molecule has 1 N–H and O–H groups in total. The van der Waals surface area contributed by atoms with Gasteiger partial charge in [-0.05, 0) is 18.2 Å². The second-order valence-corrected chi connectivity index (χ2v) is 4.30. The second kappa shape index (κ2) is 6.19. The molecule has 0 spiro atoms. The molecule has 1 amide bonds. The van der Waals surface area contributed by atoms with Gasteiger partial charge in [0.1, 0.15) is 10.9 Å². The summed E-state index contributed by atoms with van der Waals surface area (Å²) in [5.74, 6) is -0.451. The molecular weight excluding hydrogens is 298 g/mol. The predicted octanol–water partition coefficient (Wildman–Crippen LogP) is 2.90. The summed E-state index contributed by atoms with van der Waals surface area (Å²) in [4.78, 5) is 26.2. The number of hydrogen-bond acceptors (Lipinski definition) is 5. The molecule has 0 unspecified atom stereocenters. The van der Waals surface area contributed by atoms with Gasteiger partial charge in [0.15, 0.2) is 0 Å². The van der Waals surface area contributed by atoms with Gasteiger partial charge in [-0.1, -0.05) is 23.7 Å². The average Bonchev–Trinajstić information content (AvgIpc) is 2.46. The maximum Gasteiger partial charge on any atom is 0.311 e. The Morgan fingerprint density at radius 1 is 1.33 bits per heavy atom. The zero-order valence-corrected chi connectivity index (χ0v) is 11.6. The van der Waals surface area contributed by atoms with Crippen molar-refractivity contribution in [2.45, 2.75) is 0 Å². The molecule has 0 fully saturated rings. The molecule has 0 saturated heterocycles. The molecule has 7 nitrogen and oxygen atoms in total. The number of aromatic nitrogens is 1. The number of carbonyl (C=O) groups excluding carboxylic acids is 1. The number of para-hydroxylation sites is 1. The van der Waals surface area contributed by atoms with Crippen LogP contribution in [-0.4, -0.2) is 22.9 Å². The van der Waals surface area contributed by atoms with E-state index in [4.69, 9.17) is 16.3 Å². The van der Waals surface area contributed by atoms with Gasteiger partial charge in [-0.2, -0.15) is 0 Å². The maximum absolute atomic E-state index is 12.2. The molecule has 1 aromatic heterocycles. The van der Waals surface area contributed by atoms with Gasteiger partial charge < -0.3 is 10.1 Å². The summed E-state index contributed by atoms with van der Waals surface area (Å²) in [6.45, 7) is 0. The lowest BCUT2D eigenvalue weighted by Gasteiger charge is -2.08. The number of nitro groups is 1. The molecule has 108 valence electrons. The topological polar surface area (TPSA) is 94.4 Å². The van der Waals surface area contributed by atoms with Gasteiger partial charge in [0.05, 0.1) is 17.6 Å². The van der Waals surface area contributed by atoms with Crippen molar-refractivity contribution in [3.63, 3.8) is 0 Å². The highest BCUT2D eigenvalue weighted by Crippen LogP contribution is 2.25. The van der Waals surface area contributed by atoms with E-state index in [1.165, 1.54) is 25.3 Å². The number of nitrogens with one attached hydrogen (secondary N) is 1. The lowest BCUT2D eigenvalue weighted by Crippen LogP contribution is -2.15. The van der Waals surface area contributed by atoms with Crippen LogP contribution in [0.15, 0.2) is 36.4 Å². The Bertz CT molecular complexity index is 706. The highest BCUT2D eigenvalue weighted by Gasteiger charge is 2.20. The molecule has 0 atom stereocenters. The number of anilines is 1. The minimum absolute atomic E-state index is 0.0379. The first-order valence-electron chi connectivity index (χ1n) is 5.78. The third-order valence-corrected chi connectivity index (χ3v) is 2.83. The van der Waals surface area contributed by atoms with Crippen molar-refractivity contribution in [2.24, 2.45) is 0 Å². The van der Waals surface area contributed by atoms with E-state index in [0.717, 1.165) is 0 Å². The summed E-state index contributed by atoms with van der Waals surface area (Å²) < 4.78 is 5.06. The monoisotopic (exact) mass is 307 g/mol. The van der Waals surface area contributed by atoms with Crippen molar-refractivity contribution in [2.75, 3.05) is 12.4 Å². The van der Waals surface area contributed by atoms with E-state index in [1.807, 2.05) is 0 Å². The molecule has 1 heterocycles. The Morgan fingerprint density at radius 2 is 2.05 bits per heavy atom. The number of rotatable bonds is 4. The van der Waals surface area contributed by atoms with Gasteiger partial charge in [-0.3, -0.25) is 14.9 Å². The summed E-state index contributed by atoms with van der Waals surface area (Å²) >= 11 is 5.70. The number of halogens is 1. The first kappa shape index (κ1) is 14.7. The molecule has 0 aliphatic carbocycles.